The molecule has 1 aromatic heterocycles. The molecule has 1 aromatic rings. The lowest BCUT2D eigenvalue weighted by atomic mass is 9.98. The largest absolute Gasteiger partial charge is 0.408 e. The summed E-state index contributed by atoms with van der Waals surface area (Å²) in [7, 11) is 0. The van der Waals surface area contributed by atoms with Crippen molar-refractivity contribution in [3.05, 3.63) is 23.4 Å². The fourth-order valence-electron chi connectivity index (χ4n) is 4.16. The van der Waals surface area contributed by atoms with E-state index in [4.69, 9.17) is 12.2 Å². The summed E-state index contributed by atoms with van der Waals surface area (Å²) in [5.41, 5.74) is -2.44. The Morgan fingerprint density at radius 1 is 1.27 bits per heavy atom. The van der Waals surface area contributed by atoms with Crippen LogP contribution in [0.3, 0.4) is 0 Å². The fourth-order valence-corrected chi connectivity index (χ4v) is 4.49. The van der Waals surface area contributed by atoms with Crippen molar-refractivity contribution in [2.45, 2.75) is 96.6 Å². The second kappa shape index (κ2) is 13.7. The second-order valence-electron chi connectivity index (χ2n) is 10.5. The lowest BCUT2D eigenvalue weighted by molar-refractivity contribution is -0.143. The summed E-state index contributed by atoms with van der Waals surface area (Å²) in [6.45, 7) is 7.68. The van der Waals surface area contributed by atoms with E-state index in [1.165, 1.54) is 32.6 Å². The Morgan fingerprint density at radius 3 is 2.45 bits per heavy atom. The summed E-state index contributed by atoms with van der Waals surface area (Å²) >= 11 is 5.47. The number of thiocarbonyl (C=S) groups is 1. The third-order valence-electron chi connectivity index (χ3n) is 6.46. The van der Waals surface area contributed by atoms with Gasteiger partial charge >= 0.3 is 6.18 Å². The van der Waals surface area contributed by atoms with Gasteiger partial charge in [-0.15, -0.1) is 0 Å². The minimum absolute atomic E-state index is 0.116. The Bertz CT molecular complexity index is 1110. The van der Waals surface area contributed by atoms with Gasteiger partial charge in [-0.05, 0) is 59.4 Å². The quantitative estimate of drug-likeness (QED) is 0.150. The molecule has 0 spiro atoms. The maximum absolute atomic E-state index is 14.1. The molecule has 3 N–H and O–H groups in total. The number of carbonyl (C=O) groups is 2. The molecule has 224 valence electrons. The van der Waals surface area contributed by atoms with Crippen LogP contribution >= 0.6 is 12.2 Å². The number of rotatable bonds is 11. The van der Waals surface area contributed by atoms with Gasteiger partial charge in [-0.1, -0.05) is 19.1 Å². The first-order valence-electron chi connectivity index (χ1n) is 13.0. The highest BCUT2D eigenvalue weighted by Gasteiger charge is 2.39. The monoisotopic (exact) mass is 593 g/mol. The van der Waals surface area contributed by atoms with Crippen LogP contribution in [0.1, 0.15) is 77.9 Å². The average molecular weight is 594 g/mol. The van der Waals surface area contributed by atoms with Gasteiger partial charge < -0.3 is 20.6 Å². The molecule has 2 amide bonds. The predicted molar refractivity (Wildman–Crippen MR) is 146 cm³/mol. The summed E-state index contributed by atoms with van der Waals surface area (Å²) in [5, 5.41) is 14.5. The van der Waals surface area contributed by atoms with Crippen LogP contribution in [-0.2, 0) is 9.59 Å². The molecule has 0 bridgehead atoms. The maximum atomic E-state index is 14.1. The summed E-state index contributed by atoms with van der Waals surface area (Å²) in [4.78, 5) is 35.6. The number of aromatic nitrogens is 1. The number of aliphatic hydroxyl groups is 1. The highest BCUT2D eigenvalue weighted by atomic mass is 32.1. The van der Waals surface area contributed by atoms with E-state index in [2.05, 4.69) is 20.6 Å². The first-order valence-corrected chi connectivity index (χ1v) is 13.4. The van der Waals surface area contributed by atoms with Gasteiger partial charge in [-0.25, -0.2) is 13.8 Å². The highest BCUT2D eigenvalue weighted by molar-refractivity contribution is 7.81. The Morgan fingerprint density at radius 2 is 1.93 bits per heavy atom. The summed E-state index contributed by atoms with van der Waals surface area (Å²) < 4.78 is 68.0. The van der Waals surface area contributed by atoms with Crippen molar-refractivity contribution in [1.82, 2.24) is 15.2 Å². The van der Waals surface area contributed by atoms with Crippen molar-refractivity contribution in [3.8, 4) is 0 Å². The number of likely N-dealkylation sites (tertiary alicyclic amines) is 1. The molecule has 0 saturated carbocycles. The standard InChI is InChI=1S/C26H36F5N5O3S/c1-6-18(26(29,30)31)35-19-11-16(22(27)28)17(12-32-19)21(40)20(24(38)36-10-8-7-9-14(36)2)34-15(3)23(37)33-13-25(4,5)39/h11-12,14,18,20,22,39H,6-10,13H2,1-5H3,(H,32,35)(H,33,37)/b34-15+/t14-,18-,20?/m0/s1. The zero-order valence-corrected chi connectivity index (χ0v) is 23.9. The van der Waals surface area contributed by atoms with E-state index < -0.39 is 53.5 Å². The Labute approximate surface area is 235 Å². The fraction of sp³-hybridized carbons (Fsp3) is 0.654. The van der Waals surface area contributed by atoms with Crippen molar-refractivity contribution in [2.75, 3.05) is 18.4 Å². The molecular formula is C26H36F5N5O3S. The number of pyridine rings is 1. The van der Waals surface area contributed by atoms with Crippen molar-refractivity contribution in [1.29, 1.82) is 0 Å². The SMILES string of the molecule is CC[C@H](Nc1cc(C(F)F)c(C(=S)C(/N=C(\C)C(=O)NCC(C)(C)O)C(=O)N2CCCC[C@@H]2C)cn1)C(F)(F)F. The smallest absolute Gasteiger partial charge is 0.389 e. The molecule has 1 unspecified atom stereocenters. The predicted octanol–water partition coefficient (Wildman–Crippen LogP) is 4.61. The zero-order chi connectivity index (χ0) is 30.4. The van der Waals surface area contributed by atoms with Crippen LogP contribution in [0.25, 0.3) is 0 Å². The molecular weight excluding hydrogens is 557 g/mol. The van der Waals surface area contributed by atoms with Crippen molar-refractivity contribution >= 4 is 40.4 Å². The maximum Gasteiger partial charge on any atom is 0.408 e. The van der Waals surface area contributed by atoms with Gasteiger partial charge in [0.2, 0.25) is 0 Å². The first-order chi connectivity index (χ1) is 18.5. The number of alkyl halides is 5. The molecule has 3 atom stereocenters. The molecule has 2 heterocycles. The minimum atomic E-state index is -4.63. The van der Waals surface area contributed by atoms with Crippen LogP contribution in [0.15, 0.2) is 17.3 Å². The van der Waals surface area contributed by atoms with Gasteiger partial charge in [0.05, 0.1) is 16.2 Å². The number of hydrogen-bond donors (Lipinski definition) is 3. The number of halogens is 5. The third kappa shape index (κ3) is 9.15. The summed E-state index contributed by atoms with van der Waals surface area (Å²) in [5.74, 6) is -1.71. The molecule has 14 heteroatoms. The van der Waals surface area contributed by atoms with E-state index in [1.54, 1.807) is 0 Å². The van der Waals surface area contributed by atoms with Crippen LogP contribution in [0.5, 0.6) is 0 Å². The van der Waals surface area contributed by atoms with Crippen LogP contribution in [0, 0.1) is 0 Å². The normalized spacial score (nSPS) is 18.4. The molecule has 1 aliphatic rings. The number of carbonyl (C=O) groups excluding carboxylic acids is 2. The van der Waals surface area contributed by atoms with Crippen LogP contribution in [0.2, 0.25) is 0 Å². The Hall–Kier alpha value is -2.74. The van der Waals surface area contributed by atoms with E-state index in [9.17, 15) is 36.6 Å². The molecule has 2 rings (SSSR count). The van der Waals surface area contributed by atoms with E-state index in [0.717, 1.165) is 18.7 Å². The van der Waals surface area contributed by atoms with Gasteiger partial charge in [0.1, 0.15) is 11.9 Å². The van der Waals surface area contributed by atoms with Crippen molar-refractivity contribution in [2.24, 2.45) is 4.99 Å². The van der Waals surface area contributed by atoms with E-state index in [0.29, 0.717) is 19.4 Å². The minimum Gasteiger partial charge on any atom is -0.389 e. The zero-order valence-electron chi connectivity index (χ0n) is 23.1. The van der Waals surface area contributed by atoms with Gasteiger partial charge in [0.15, 0.2) is 6.04 Å². The number of nitrogens with one attached hydrogen (secondary N) is 2. The van der Waals surface area contributed by atoms with Gasteiger partial charge in [0, 0.05) is 36.5 Å². The number of nitrogens with zero attached hydrogens (tertiary/aromatic N) is 3. The topological polar surface area (TPSA) is 107 Å². The van der Waals surface area contributed by atoms with E-state index >= 15 is 0 Å². The first kappa shape index (κ1) is 33.5. The average Bonchev–Trinajstić information content (AvgIpc) is 2.87. The number of hydrogen-bond acceptors (Lipinski definition) is 7. The van der Waals surface area contributed by atoms with Gasteiger partial charge in [-0.3, -0.25) is 14.6 Å². The highest BCUT2D eigenvalue weighted by Crippen LogP contribution is 2.30. The van der Waals surface area contributed by atoms with Crippen LogP contribution < -0.4 is 10.6 Å². The van der Waals surface area contributed by atoms with Crippen LogP contribution in [0.4, 0.5) is 27.8 Å². The van der Waals surface area contributed by atoms with Gasteiger partial charge in [-0.2, -0.15) is 13.2 Å². The third-order valence-corrected chi connectivity index (χ3v) is 6.91. The van der Waals surface area contributed by atoms with Crippen molar-refractivity contribution in [3.63, 3.8) is 0 Å². The molecule has 0 radical (unpaired) electrons. The molecule has 0 aliphatic carbocycles. The van der Waals surface area contributed by atoms with Gasteiger partial charge in [0.25, 0.3) is 18.2 Å². The Kier molecular flexibility index (Phi) is 11.5. The summed E-state index contributed by atoms with van der Waals surface area (Å²) in [6.07, 6.45) is -4.93. The van der Waals surface area contributed by atoms with E-state index in [-0.39, 0.29) is 35.1 Å². The molecule has 1 aliphatic heterocycles. The van der Waals surface area contributed by atoms with E-state index in [1.807, 2.05) is 6.92 Å². The lowest BCUT2D eigenvalue weighted by Gasteiger charge is -2.35. The lowest BCUT2D eigenvalue weighted by Crippen LogP contribution is -2.49. The molecule has 8 nitrogen and oxygen atoms in total. The number of aliphatic imine (C=N–C) groups is 1. The number of piperidine rings is 1. The molecule has 40 heavy (non-hydrogen) atoms. The summed E-state index contributed by atoms with van der Waals surface area (Å²) in [6, 6.07) is -2.95. The molecule has 1 fully saturated rings. The second-order valence-corrected chi connectivity index (χ2v) is 10.9. The van der Waals surface area contributed by atoms with Crippen molar-refractivity contribution < 1.29 is 36.6 Å². The molecule has 1 saturated heterocycles. The number of amides is 2. The Balaban J connectivity index is 2.51. The number of anilines is 1. The van der Waals surface area contributed by atoms with Crippen LogP contribution in [-0.4, -0.2) is 80.4 Å². The molecule has 0 aromatic carbocycles.